The van der Waals surface area contributed by atoms with Crippen molar-refractivity contribution in [2.45, 2.75) is 38.8 Å². The number of hydrogen-bond donors (Lipinski definition) is 3. The minimum atomic E-state index is -0.596. The van der Waals surface area contributed by atoms with Gasteiger partial charge in [-0.1, -0.05) is 13.3 Å². The van der Waals surface area contributed by atoms with Gasteiger partial charge >= 0.3 is 0 Å². The van der Waals surface area contributed by atoms with Crippen LogP contribution in [0.4, 0.5) is 0 Å². The van der Waals surface area contributed by atoms with Crippen molar-refractivity contribution in [1.29, 1.82) is 0 Å². The van der Waals surface area contributed by atoms with Crippen molar-refractivity contribution in [2.24, 2.45) is 5.73 Å². The van der Waals surface area contributed by atoms with Gasteiger partial charge in [-0.25, -0.2) is 0 Å². The SMILES string of the molecule is CCC[C@H](O)[C@H](N)c1cc(Br)c(O)c(OCC)c1. The maximum absolute atomic E-state index is 9.91. The van der Waals surface area contributed by atoms with Crippen LogP contribution in [0.2, 0.25) is 0 Å². The summed E-state index contributed by atoms with van der Waals surface area (Å²) in [6.07, 6.45) is 0.914. The van der Waals surface area contributed by atoms with Crippen LogP contribution in [0, 0.1) is 0 Å². The van der Waals surface area contributed by atoms with E-state index in [0.29, 0.717) is 23.2 Å². The molecule has 0 aliphatic rings. The Hall–Kier alpha value is -0.780. The molecule has 0 amide bonds. The first-order chi connectivity index (χ1) is 8.51. The van der Waals surface area contributed by atoms with Crippen molar-refractivity contribution in [3.8, 4) is 11.5 Å². The number of ether oxygens (including phenoxy) is 1. The monoisotopic (exact) mass is 317 g/mol. The third-order valence-corrected chi connectivity index (χ3v) is 3.34. The third kappa shape index (κ3) is 3.60. The van der Waals surface area contributed by atoms with Crippen molar-refractivity contribution in [3.05, 3.63) is 22.2 Å². The van der Waals surface area contributed by atoms with Gasteiger partial charge in [0.1, 0.15) is 0 Å². The fourth-order valence-corrected chi connectivity index (χ4v) is 2.21. The first kappa shape index (κ1) is 15.3. The molecule has 0 saturated carbocycles. The number of aliphatic hydroxyl groups excluding tert-OH is 1. The van der Waals surface area contributed by atoms with Crippen LogP contribution in [0.1, 0.15) is 38.3 Å². The quantitative estimate of drug-likeness (QED) is 0.754. The Morgan fingerprint density at radius 1 is 1.39 bits per heavy atom. The fraction of sp³-hybridized carbons (Fsp3) is 0.538. The molecule has 0 aliphatic heterocycles. The Bertz CT molecular complexity index is 398. The number of benzene rings is 1. The van der Waals surface area contributed by atoms with Crippen molar-refractivity contribution in [1.82, 2.24) is 0 Å². The van der Waals surface area contributed by atoms with Gasteiger partial charge in [0.15, 0.2) is 11.5 Å². The Morgan fingerprint density at radius 3 is 2.61 bits per heavy atom. The number of rotatable bonds is 6. The molecular weight excluding hydrogens is 298 g/mol. The zero-order chi connectivity index (χ0) is 13.7. The van der Waals surface area contributed by atoms with E-state index in [-0.39, 0.29) is 5.75 Å². The maximum Gasteiger partial charge on any atom is 0.172 e. The standard InChI is InChI=1S/C13H20BrNO3/c1-3-5-10(16)12(15)8-6-9(14)13(17)11(7-8)18-4-2/h6-7,10,12,16-17H,3-5,15H2,1-2H3/t10-,12+/m0/s1. The summed E-state index contributed by atoms with van der Waals surface area (Å²) >= 11 is 3.26. The zero-order valence-electron chi connectivity index (χ0n) is 10.7. The van der Waals surface area contributed by atoms with Crippen LogP contribution in [-0.2, 0) is 0 Å². The second kappa shape index (κ2) is 6.97. The molecule has 0 unspecified atom stereocenters. The Kier molecular flexibility index (Phi) is 5.91. The average Bonchev–Trinajstić information content (AvgIpc) is 2.34. The van der Waals surface area contributed by atoms with E-state index in [0.717, 1.165) is 12.0 Å². The molecule has 0 radical (unpaired) electrons. The molecule has 1 rings (SSSR count). The summed E-state index contributed by atoms with van der Waals surface area (Å²) in [5, 5.41) is 19.7. The lowest BCUT2D eigenvalue weighted by Gasteiger charge is -2.20. The molecule has 4 N–H and O–H groups in total. The normalized spacial score (nSPS) is 14.3. The molecule has 0 aromatic heterocycles. The van der Waals surface area contributed by atoms with Gasteiger partial charge in [0.05, 0.1) is 23.2 Å². The summed E-state index contributed by atoms with van der Waals surface area (Å²) in [6.45, 7) is 4.29. The smallest absolute Gasteiger partial charge is 0.172 e. The number of aliphatic hydroxyl groups is 1. The molecule has 5 heteroatoms. The highest BCUT2D eigenvalue weighted by atomic mass is 79.9. The van der Waals surface area contributed by atoms with Crippen LogP contribution in [0.3, 0.4) is 0 Å². The van der Waals surface area contributed by atoms with Gasteiger partial charge < -0.3 is 20.7 Å². The summed E-state index contributed by atoms with van der Waals surface area (Å²) < 4.78 is 5.85. The van der Waals surface area contributed by atoms with Gasteiger partial charge in [-0.15, -0.1) is 0 Å². The lowest BCUT2D eigenvalue weighted by Crippen LogP contribution is -2.26. The van der Waals surface area contributed by atoms with Crippen LogP contribution in [0.25, 0.3) is 0 Å². The van der Waals surface area contributed by atoms with Crippen molar-refractivity contribution < 1.29 is 14.9 Å². The van der Waals surface area contributed by atoms with Crippen LogP contribution >= 0.6 is 15.9 Å². The first-order valence-electron chi connectivity index (χ1n) is 6.10. The number of phenols is 1. The second-order valence-electron chi connectivity index (χ2n) is 4.16. The van der Waals surface area contributed by atoms with E-state index < -0.39 is 12.1 Å². The molecule has 0 saturated heterocycles. The Balaban J connectivity index is 3.02. The highest BCUT2D eigenvalue weighted by Gasteiger charge is 2.19. The molecule has 1 aromatic carbocycles. The number of halogens is 1. The third-order valence-electron chi connectivity index (χ3n) is 2.73. The van der Waals surface area contributed by atoms with E-state index in [4.69, 9.17) is 10.5 Å². The van der Waals surface area contributed by atoms with E-state index in [9.17, 15) is 10.2 Å². The van der Waals surface area contributed by atoms with Gasteiger partial charge in [-0.2, -0.15) is 0 Å². The number of phenolic OH excluding ortho intramolecular Hbond substituents is 1. The molecule has 0 fully saturated rings. The molecule has 0 heterocycles. The van der Waals surface area contributed by atoms with E-state index in [1.54, 1.807) is 12.1 Å². The number of aromatic hydroxyl groups is 1. The van der Waals surface area contributed by atoms with Gasteiger partial charge in [-0.05, 0) is 47.0 Å². The molecular formula is C13H20BrNO3. The van der Waals surface area contributed by atoms with E-state index >= 15 is 0 Å². The lowest BCUT2D eigenvalue weighted by molar-refractivity contribution is 0.134. The maximum atomic E-state index is 9.91. The zero-order valence-corrected chi connectivity index (χ0v) is 12.3. The molecule has 2 atom stereocenters. The molecule has 1 aromatic rings. The van der Waals surface area contributed by atoms with Gasteiger partial charge in [0, 0.05) is 0 Å². The number of hydrogen-bond acceptors (Lipinski definition) is 4. The first-order valence-corrected chi connectivity index (χ1v) is 6.89. The Labute approximate surface area is 116 Å². The largest absolute Gasteiger partial charge is 0.503 e. The summed E-state index contributed by atoms with van der Waals surface area (Å²) in [4.78, 5) is 0. The predicted molar refractivity (Wildman–Crippen MR) is 74.8 cm³/mol. The predicted octanol–water partition coefficient (Wildman–Crippen LogP) is 2.71. The highest BCUT2D eigenvalue weighted by molar-refractivity contribution is 9.10. The lowest BCUT2D eigenvalue weighted by atomic mass is 9.99. The van der Waals surface area contributed by atoms with Gasteiger partial charge in [0.25, 0.3) is 0 Å². The minimum Gasteiger partial charge on any atom is -0.503 e. The number of nitrogens with two attached hydrogens (primary N) is 1. The van der Waals surface area contributed by atoms with Crippen LogP contribution in [0.5, 0.6) is 11.5 Å². The van der Waals surface area contributed by atoms with Crippen LogP contribution in [0.15, 0.2) is 16.6 Å². The van der Waals surface area contributed by atoms with Crippen molar-refractivity contribution in [3.63, 3.8) is 0 Å². The fourth-order valence-electron chi connectivity index (χ4n) is 1.75. The van der Waals surface area contributed by atoms with E-state index in [1.807, 2.05) is 13.8 Å². The molecule has 102 valence electrons. The second-order valence-corrected chi connectivity index (χ2v) is 5.02. The molecule has 4 nitrogen and oxygen atoms in total. The molecule has 18 heavy (non-hydrogen) atoms. The summed E-state index contributed by atoms with van der Waals surface area (Å²) in [5.41, 5.74) is 6.74. The Morgan fingerprint density at radius 2 is 2.06 bits per heavy atom. The van der Waals surface area contributed by atoms with E-state index in [2.05, 4.69) is 15.9 Å². The van der Waals surface area contributed by atoms with Gasteiger partial charge in [-0.3, -0.25) is 0 Å². The van der Waals surface area contributed by atoms with Crippen LogP contribution in [-0.4, -0.2) is 22.9 Å². The average molecular weight is 318 g/mol. The summed E-state index contributed by atoms with van der Waals surface area (Å²) in [7, 11) is 0. The van der Waals surface area contributed by atoms with E-state index in [1.165, 1.54) is 0 Å². The topological polar surface area (TPSA) is 75.7 Å². The highest BCUT2D eigenvalue weighted by Crippen LogP contribution is 2.37. The molecule has 0 aliphatic carbocycles. The van der Waals surface area contributed by atoms with Crippen LogP contribution < -0.4 is 10.5 Å². The molecule has 0 bridgehead atoms. The van der Waals surface area contributed by atoms with Gasteiger partial charge in [0.2, 0.25) is 0 Å². The van der Waals surface area contributed by atoms with Crippen molar-refractivity contribution in [2.75, 3.05) is 6.61 Å². The van der Waals surface area contributed by atoms with Crippen molar-refractivity contribution >= 4 is 15.9 Å². The minimum absolute atomic E-state index is 0.0535. The summed E-state index contributed by atoms with van der Waals surface area (Å²) in [5.74, 6) is 0.429. The molecule has 0 spiro atoms. The summed E-state index contributed by atoms with van der Waals surface area (Å²) in [6, 6.07) is 2.90.